The van der Waals surface area contributed by atoms with E-state index in [2.05, 4.69) is 0 Å². The van der Waals surface area contributed by atoms with Crippen LogP contribution in [0.25, 0.3) is 0 Å². The Kier molecular flexibility index (Phi) is 3.71. The Balaban J connectivity index is 1.92. The molecule has 0 saturated carbocycles. The zero-order valence-corrected chi connectivity index (χ0v) is 11.8. The first-order valence-electron chi connectivity index (χ1n) is 6.51. The van der Waals surface area contributed by atoms with Crippen molar-refractivity contribution in [2.24, 2.45) is 0 Å². The molecule has 21 heavy (non-hydrogen) atoms. The van der Waals surface area contributed by atoms with E-state index >= 15 is 0 Å². The third-order valence-electron chi connectivity index (χ3n) is 3.48. The number of ether oxygens (including phenoxy) is 2. The Bertz CT molecular complexity index is 684. The monoisotopic (exact) mass is 304 g/mol. The summed E-state index contributed by atoms with van der Waals surface area (Å²) in [6, 6.07) is 12.5. The first-order valence-corrected chi connectivity index (χ1v) is 6.88. The van der Waals surface area contributed by atoms with Crippen LogP contribution in [0.5, 0.6) is 11.5 Å². The molecule has 1 aliphatic rings. The second-order valence-electron chi connectivity index (χ2n) is 4.80. The van der Waals surface area contributed by atoms with Gasteiger partial charge in [0.25, 0.3) is 0 Å². The minimum absolute atomic E-state index is 0.168. The predicted molar refractivity (Wildman–Crippen MR) is 78.1 cm³/mol. The van der Waals surface area contributed by atoms with Gasteiger partial charge in [-0.2, -0.15) is 0 Å². The number of fused-ring (bicyclic) bond motifs is 1. The highest BCUT2D eigenvalue weighted by molar-refractivity contribution is 6.31. The van der Waals surface area contributed by atoms with E-state index < -0.39 is 11.9 Å². The van der Waals surface area contributed by atoms with Crippen molar-refractivity contribution in [3.8, 4) is 11.5 Å². The van der Waals surface area contributed by atoms with E-state index in [9.17, 15) is 9.90 Å². The molecule has 3 rings (SSSR count). The number of carboxylic acids is 1. The number of hydrogen-bond acceptors (Lipinski definition) is 3. The zero-order valence-electron chi connectivity index (χ0n) is 11.1. The van der Waals surface area contributed by atoms with Gasteiger partial charge >= 0.3 is 5.97 Å². The van der Waals surface area contributed by atoms with E-state index in [-0.39, 0.29) is 6.79 Å². The van der Waals surface area contributed by atoms with Gasteiger partial charge < -0.3 is 14.6 Å². The molecule has 0 aliphatic carbocycles. The van der Waals surface area contributed by atoms with Gasteiger partial charge in [0, 0.05) is 5.02 Å². The second-order valence-corrected chi connectivity index (χ2v) is 5.21. The maximum Gasteiger partial charge on any atom is 0.311 e. The molecule has 0 amide bonds. The van der Waals surface area contributed by atoms with Gasteiger partial charge in [0.1, 0.15) is 0 Å². The molecule has 1 N–H and O–H groups in total. The number of benzene rings is 2. The normalized spacial score (nSPS) is 14.0. The number of hydrogen-bond donors (Lipinski definition) is 1. The molecule has 2 aromatic carbocycles. The molecule has 0 fully saturated rings. The van der Waals surface area contributed by atoms with Gasteiger partial charge in [-0.1, -0.05) is 35.9 Å². The molecule has 0 radical (unpaired) electrons. The molecule has 108 valence electrons. The topological polar surface area (TPSA) is 55.8 Å². The van der Waals surface area contributed by atoms with Crippen LogP contribution in [-0.4, -0.2) is 17.9 Å². The second kappa shape index (κ2) is 5.66. The van der Waals surface area contributed by atoms with Gasteiger partial charge in [-0.3, -0.25) is 4.79 Å². The number of halogens is 1. The SMILES string of the molecule is O=C(O)C(Cc1ccccc1Cl)c1ccc2c(c1)OCO2. The number of aliphatic carboxylic acids is 1. The zero-order chi connectivity index (χ0) is 14.8. The fraction of sp³-hybridized carbons (Fsp3) is 0.188. The number of carboxylic acid groups (broad SMARTS) is 1. The van der Waals surface area contributed by atoms with Gasteiger partial charge in [-0.05, 0) is 35.7 Å². The van der Waals surface area contributed by atoms with Gasteiger partial charge in [0.2, 0.25) is 6.79 Å². The molecule has 0 aromatic heterocycles. The molecule has 0 saturated heterocycles. The Hall–Kier alpha value is -2.20. The highest BCUT2D eigenvalue weighted by Crippen LogP contribution is 2.36. The maximum absolute atomic E-state index is 11.6. The van der Waals surface area contributed by atoms with Gasteiger partial charge in [-0.25, -0.2) is 0 Å². The summed E-state index contributed by atoms with van der Waals surface area (Å²) in [7, 11) is 0. The van der Waals surface area contributed by atoms with Crippen LogP contribution >= 0.6 is 11.6 Å². The lowest BCUT2D eigenvalue weighted by Crippen LogP contribution is -2.14. The summed E-state index contributed by atoms with van der Waals surface area (Å²) in [6.07, 6.45) is 0.328. The minimum atomic E-state index is -0.895. The van der Waals surface area contributed by atoms with Crippen molar-refractivity contribution in [2.75, 3.05) is 6.79 Å². The lowest BCUT2D eigenvalue weighted by molar-refractivity contribution is -0.138. The smallest absolute Gasteiger partial charge is 0.311 e. The Morgan fingerprint density at radius 2 is 1.95 bits per heavy atom. The molecule has 0 bridgehead atoms. The standard InChI is InChI=1S/C16H13ClO4/c17-13-4-2-1-3-11(13)7-12(16(18)19)10-5-6-14-15(8-10)21-9-20-14/h1-6,8,12H,7,9H2,(H,18,19). The highest BCUT2D eigenvalue weighted by atomic mass is 35.5. The fourth-order valence-corrected chi connectivity index (χ4v) is 2.57. The van der Waals surface area contributed by atoms with Crippen molar-refractivity contribution in [1.29, 1.82) is 0 Å². The minimum Gasteiger partial charge on any atom is -0.481 e. The summed E-state index contributed by atoms with van der Waals surface area (Å²) in [5, 5.41) is 10.1. The van der Waals surface area contributed by atoms with E-state index in [0.717, 1.165) is 5.56 Å². The van der Waals surface area contributed by atoms with Crippen LogP contribution in [-0.2, 0) is 11.2 Å². The quantitative estimate of drug-likeness (QED) is 0.939. The third kappa shape index (κ3) is 2.81. The predicted octanol–water partition coefficient (Wildman–Crippen LogP) is 3.48. The summed E-state index contributed by atoms with van der Waals surface area (Å²) in [4.78, 5) is 11.6. The Morgan fingerprint density at radius 3 is 2.71 bits per heavy atom. The van der Waals surface area contributed by atoms with Crippen LogP contribution in [0, 0.1) is 0 Å². The van der Waals surface area contributed by atoms with Gasteiger partial charge in [0.15, 0.2) is 11.5 Å². The number of rotatable bonds is 4. The average molecular weight is 305 g/mol. The van der Waals surface area contributed by atoms with Crippen molar-refractivity contribution < 1.29 is 19.4 Å². The summed E-state index contributed by atoms with van der Waals surface area (Å²) in [5.74, 6) is -0.355. The lowest BCUT2D eigenvalue weighted by Gasteiger charge is -2.14. The average Bonchev–Trinajstić information content (AvgIpc) is 2.93. The molecule has 1 aliphatic heterocycles. The summed E-state index contributed by atoms with van der Waals surface area (Å²) in [5.41, 5.74) is 1.48. The first kappa shape index (κ1) is 13.8. The van der Waals surface area contributed by atoms with E-state index in [1.807, 2.05) is 18.2 Å². The molecule has 1 unspecified atom stereocenters. The van der Waals surface area contributed by atoms with Crippen molar-refractivity contribution >= 4 is 17.6 Å². The molecule has 4 nitrogen and oxygen atoms in total. The molecular weight excluding hydrogens is 292 g/mol. The van der Waals surface area contributed by atoms with Crippen LogP contribution in [0.2, 0.25) is 5.02 Å². The van der Waals surface area contributed by atoms with Gasteiger partial charge in [-0.15, -0.1) is 0 Å². The molecule has 5 heteroatoms. The molecule has 1 heterocycles. The third-order valence-corrected chi connectivity index (χ3v) is 3.85. The maximum atomic E-state index is 11.6. The molecule has 0 spiro atoms. The molecule has 2 aromatic rings. The van der Waals surface area contributed by atoms with E-state index in [1.54, 1.807) is 24.3 Å². The number of carbonyl (C=O) groups is 1. The van der Waals surface area contributed by atoms with Crippen molar-refractivity contribution in [3.63, 3.8) is 0 Å². The van der Waals surface area contributed by atoms with E-state index in [0.29, 0.717) is 28.5 Å². The largest absolute Gasteiger partial charge is 0.481 e. The fourth-order valence-electron chi connectivity index (χ4n) is 2.36. The molecular formula is C16H13ClO4. The van der Waals surface area contributed by atoms with Crippen molar-refractivity contribution in [1.82, 2.24) is 0 Å². The van der Waals surface area contributed by atoms with E-state index in [1.165, 1.54) is 0 Å². The highest BCUT2D eigenvalue weighted by Gasteiger charge is 2.24. The first-order chi connectivity index (χ1) is 10.1. The van der Waals surface area contributed by atoms with Crippen molar-refractivity contribution in [2.45, 2.75) is 12.3 Å². The van der Waals surface area contributed by atoms with Gasteiger partial charge in [0.05, 0.1) is 5.92 Å². The van der Waals surface area contributed by atoms with Crippen LogP contribution in [0.15, 0.2) is 42.5 Å². The van der Waals surface area contributed by atoms with Crippen LogP contribution in [0.4, 0.5) is 0 Å². The lowest BCUT2D eigenvalue weighted by atomic mass is 9.92. The Labute approximate surface area is 126 Å². The van der Waals surface area contributed by atoms with Crippen LogP contribution in [0.3, 0.4) is 0 Å². The van der Waals surface area contributed by atoms with Crippen molar-refractivity contribution in [3.05, 3.63) is 58.6 Å². The van der Waals surface area contributed by atoms with E-state index in [4.69, 9.17) is 21.1 Å². The summed E-state index contributed by atoms with van der Waals surface area (Å²) < 4.78 is 10.5. The Morgan fingerprint density at radius 1 is 1.19 bits per heavy atom. The van der Waals surface area contributed by atoms with Crippen LogP contribution < -0.4 is 9.47 Å². The molecule has 1 atom stereocenters. The summed E-state index contributed by atoms with van der Waals surface area (Å²) in [6.45, 7) is 0.168. The summed E-state index contributed by atoms with van der Waals surface area (Å²) >= 11 is 6.12. The van der Waals surface area contributed by atoms with Crippen LogP contribution in [0.1, 0.15) is 17.0 Å².